The second-order valence-electron chi connectivity index (χ2n) is 5.31. The molecule has 0 aromatic heterocycles. The third-order valence-corrected chi connectivity index (χ3v) is 4.89. The predicted molar refractivity (Wildman–Crippen MR) is 79.1 cm³/mol. The van der Waals surface area contributed by atoms with Crippen molar-refractivity contribution in [2.75, 3.05) is 13.2 Å². The van der Waals surface area contributed by atoms with Crippen molar-refractivity contribution in [1.29, 1.82) is 0 Å². The second kappa shape index (κ2) is 6.53. The summed E-state index contributed by atoms with van der Waals surface area (Å²) in [4.78, 5) is 12.1. The molecule has 1 aliphatic rings. The summed E-state index contributed by atoms with van der Waals surface area (Å²) in [5.74, 6) is 0.747. The highest BCUT2D eigenvalue weighted by molar-refractivity contribution is 9.10. The Hall–Kier alpha value is -0.870. The van der Waals surface area contributed by atoms with Crippen LogP contribution in [0.5, 0.6) is 0 Å². The van der Waals surface area contributed by atoms with Crippen molar-refractivity contribution in [3.8, 4) is 0 Å². The van der Waals surface area contributed by atoms with E-state index < -0.39 is 0 Å². The molecule has 1 aromatic carbocycles. The quantitative estimate of drug-likeness (QED) is 0.894. The van der Waals surface area contributed by atoms with Crippen LogP contribution < -0.4 is 5.32 Å². The highest BCUT2D eigenvalue weighted by Crippen LogP contribution is 2.30. The number of aliphatic hydroxyl groups excluding tert-OH is 1. The van der Waals surface area contributed by atoms with E-state index >= 15 is 0 Å². The molecule has 0 spiro atoms. The zero-order valence-electron chi connectivity index (χ0n) is 11.2. The Morgan fingerprint density at radius 1 is 1.42 bits per heavy atom. The molecule has 1 saturated carbocycles. The van der Waals surface area contributed by atoms with Crippen LogP contribution >= 0.6 is 15.9 Å². The van der Waals surface area contributed by atoms with Crippen LogP contribution in [0.2, 0.25) is 0 Å². The first-order valence-corrected chi connectivity index (χ1v) is 7.56. The number of carbonyl (C=O) groups is 1. The normalized spacial score (nSPS) is 22.5. The Balaban J connectivity index is 1.92. The van der Waals surface area contributed by atoms with Gasteiger partial charge in [-0.2, -0.15) is 0 Å². The molecule has 2 N–H and O–H groups in total. The fourth-order valence-electron chi connectivity index (χ4n) is 2.73. The van der Waals surface area contributed by atoms with Gasteiger partial charge in [-0.15, -0.1) is 0 Å². The lowest BCUT2D eigenvalue weighted by atomic mass is 9.97. The molecule has 19 heavy (non-hydrogen) atoms. The number of rotatable bonds is 4. The third kappa shape index (κ3) is 3.57. The first kappa shape index (κ1) is 14.5. The van der Waals surface area contributed by atoms with Crippen molar-refractivity contribution in [1.82, 2.24) is 5.32 Å². The van der Waals surface area contributed by atoms with Crippen molar-refractivity contribution in [3.05, 3.63) is 33.8 Å². The van der Waals surface area contributed by atoms with Crippen LogP contribution in [-0.4, -0.2) is 24.2 Å². The Kier molecular flexibility index (Phi) is 4.99. The van der Waals surface area contributed by atoms with E-state index in [4.69, 9.17) is 0 Å². The molecule has 2 unspecified atom stereocenters. The summed E-state index contributed by atoms with van der Waals surface area (Å²) in [7, 11) is 0. The van der Waals surface area contributed by atoms with E-state index in [1.54, 1.807) is 0 Å². The lowest BCUT2D eigenvalue weighted by Gasteiger charge is -2.17. The van der Waals surface area contributed by atoms with Crippen molar-refractivity contribution in [2.24, 2.45) is 11.8 Å². The number of aryl methyl sites for hydroxylation is 1. The van der Waals surface area contributed by atoms with Gasteiger partial charge in [0.1, 0.15) is 0 Å². The molecule has 1 fully saturated rings. The van der Waals surface area contributed by atoms with Gasteiger partial charge >= 0.3 is 0 Å². The van der Waals surface area contributed by atoms with Gasteiger partial charge in [0.2, 0.25) is 0 Å². The zero-order valence-corrected chi connectivity index (χ0v) is 12.7. The average molecular weight is 326 g/mol. The topological polar surface area (TPSA) is 49.3 Å². The molecule has 4 heteroatoms. The van der Waals surface area contributed by atoms with Crippen LogP contribution in [0.15, 0.2) is 22.7 Å². The molecular formula is C15H20BrNO2. The first-order chi connectivity index (χ1) is 9.11. The van der Waals surface area contributed by atoms with Crippen molar-refractivity contribution < 1.29 is 9.90 Å². The van der Waals surface area contributed by atoms with Gasteiger partial charge < -0.3 is 10.4 Å². The molecule has 1 aromatic rings. The first-order valence-electron chi connectivity index (χ1n) is 6.77. The Labute approximate surface area is 122 Å². The minimum atomic E-state index is -0.0285. The second-order valence-corrected chi connectivity index (χ2v) is 6.16. The maximum Gasteiger partial charge on any atom is 0.251 e. The summed E-state index contributed by atoms with van der Waals surface area (Å²) in [6.07, 6.45) is 3.34. The summed E-state index contributed by atoms with van der Waals surface area (Å²) < 4.78 is 1.01. The standard InChI is InChI=1S/C15H20BrNO2/c1-10-7-11(5-6-14(10)16)15(19)17-8-12-3-2-4-13(12)9-18/h5-7,12-13,18H,2-4,8-9H2,1H3,(H,17,19). The Morgan fingerprint density at radius 2 is 2.16 bits per heavy atom. The van der Waals surface area contributed by atoms with Crippen molar-refractivity contribution >= 4 is 21.8 Å². The minimum Gasteiger partial charge on any atom is -0.396 e. The predicted octanol–water partition coefficient (Wildman–Crippen LogP) is 2.90. The SMILES string of the molecule is Cc1cc(C(=O)NCC2CCCC2CO)ccc1Br. The zero-order chi connectivity index (χ0) is 13.8. The lowest BCUT2D eigenvalue weighted by molar-refractivity contribution is 0.0937. The van der Waals surface area contributed by atoms with E-state index in [1.165, 1.54) is 0 Å². The van der Waals surface area contributed by atoms with Gasteiger partial charge in [-0.25, -0.2) is 0 Å². The molecule has 0 radical (unpaired) electrons. The highest BCUT2D eigenvalue weighted by atomic mass is 79.9. The third-order valence-electron chi connectivity index (χ3n) is 4.00. The Morgan fingerprint density at radius 3 is 2.84 bits per heavy atom. The van der Waals surface area contributed by atoms with Gasteiger partial charge in [-0.3, -0.25) is 4.79 Å². The fraction of sp³-hybridized carbons (Fsp3) is 0.533. The summed E-state index contributed by atoms with van der Waals surface area (Å²) in [5.41, 5.74) is 1.75. The largest absolute Gasteiger partial charge is 0.396 e. The summed E-state index contributed by atoms with van der Waals surface area (Å²) in [6.45, 7) is 2.87. The minimum absolute atomic E-state index is 0.0285. The fourth-order valence-corrected chi connectivity index (χ4v) is 2.98. The molecule has 0 aliphatic heterocycles. The molecule has 2 atom stereocenters. The molecule has 2 rings (SSSR count). The molecule has 0 heterocycles. The molecule has 1 amide bonds. The van der Waals surface area contributed by atoms with E-state index in [9.17, 15) is 9.90 Å². The maximum absolute atomic E-state index is 12.1. The van der Waals surface area contributed by atoms with Crippen LogP contribution in [0.3, 0.4) is 0 Å². The number of halogens is 1. The molecule has 3 nitrogen and oxygen atoms in total. The van der Waals surface area contributed by atoms with Crippen LogP contribution in [0.25, 0.3) is 0 Å². The van der Waals surface area contributed by atoms with E-state index in [2.05, 4.69) is 21.2 Å². The van der Waals surface area contributed by atoms with Crippen LogP contribution in [0, 0.1) is 18.8 Å². The molecule has 0 saturated heterocycles. The number of hydrogen-bond donors (Lipinski definition) is 2. The van der Waals surface area contributed by atoms with Gasteiger partial charge in [0.25, 0.3) is 5.91 Å². The number of aliphatic hydroxyl groups is 1. The van der Waals surface area contributed by atoms with Gasteiger partial charge in [-0.1, -0.05) is 22.4 Å². The average Bonchev–Trinajstić information content (AvgIpc) is 2.86. The van der Waals surface area contributed by atoms with E-state index in [-0.39, 0.29) is 12.5 Å². The van der Waals surface area contributed by atoms with Gasteiger partial charge in [0.05, 0.1) is 0 Å². The highest BCUT2D eigenvalue weighted by Gasteiger charge is 2.26. The summed E-state index contributed by atoms with van der Waals surface area (Å²) in [5, 5.41) is 12.3. The van der Waals surface area contributed by atoms with E-state index in [0.29, 0.717) is 23.9 Å². The summed E-state index contributed by atoms with van der Waals surface area (Å²) >= 11 is 3.43. The van der Waals surface area contributed by atoms with Gasteiger partial charge in [0.15, 0.2) is 0 Å². The number of amides is 1. The molecule has 0 bridgehead atoms. The van der Waals surface area contributed by atoms with Gasteiger partial charge in [0, 0.05) is 23.2 Å². The smallest absolute Gasteiger partial charge is 0.251 e. The summed E-state index contributed by atoms with van der Waals surface area (Å²) in [6, 6.07) is 5.61. The number of carbonyl (C=O) groups excluding carboxylic acids is 1. The maximum atomic E-state index is 12.1. The van der Waals surface area contributed by atoms with Crippen LogP contribution in [0.4, 0.5) is 0 Å². The lowest BCUT2D eigenvalue weighted by Crippen LogP contribution is -2.31. The Bertz CT molecular complexity index is 461. The number of hydrogen-bond acceptors (Lipinski definition) is 2. The van der Waals surface area contributed by atoms with Gasteiger partial charge in [-0.05, 0) is 55.4 Å². The van der Waals surface area contributed by atoms with Crippen LogP contribution in [0.1, 0.15) is 35.2 Å². The van der Waals surface area contributed by atoms with Crippen molar-refractivity contribution in [2.45, 2.75) is 26.2 Å². The molecular weight excluding hydrogens is 306 g/mol. The van der Waals surface area contributed by atoms with E-state index in [1.807, 2.05) is 25.1 Å². The van der Waals surface area contributed by atoms with Crippen molar-refractivity contribution in [3.63, 3.8) is 0 Å². The van der Waals surface area contributed by atoms with E-state index in [0.717, 1.165) is 29.3 Å². The van der Waals surface area contributed by atoms with Crippen LogP contribution in [-0.2, 0) is 0 Å². The molecule has 104 valence electrons. The number of benzene rings is 1. The number of nitrogens with one attached hydrogen (secondary N) is 1. The molecule has 1 aliphatic carbocycles. The monoisotopic (exact) mass is 325 g/mol.